The Kier molecular flexibility index (Phi) is 7.46. The number of sulfonamides is 1. The van der Waals surface area contributed by atoms with E-state index in [0.29, 0.717) is 41.5 Å². The molecule has 1 amide bonds. The van der Waals surface area contributed by atoms with Crippen molar-refractivity contribution in [1.82, 2.24) is 4.31 Å². The molecule has 9 heteroatoms. The first-order valence-corrected chi connectivity index (χ1v) is 10.6. The Morgan fingerprint density at radius 2 is 1.55 bits per heavy atom. The summed E-state index contributed by atoms with van der Waals surface area (Å²) in [5.41, 5.74) is 1.26. The lowest BCUT2D eigenvalue weighted by Gasteiger charge is -2.20. The summed E-state index contributed by atoms with van der Waals surface area (Å²) in [6, 6.07) is 9.41. The first-order valence-electron chi connectivity index (χ1n) is 9.17. The number of carbonyl (C=O) groups is 1. The van der Waals surface area contributed by atoms with E-state index in [0.717, 1.165) is 0 Å². The first kappa shape index (κ1) is 22.5. The van der Waals surface area contributed by atoms with E-state index in [4.69, 9.17) is 9.47 Å². The number of nitrogens with one attached hydrogen (secondary N) is 2. The van der Waals surface area contributed by atoms with E-state index in [1.54, 1.807) is 45.2 Å². The molecule has 2 rings (SSSR count). The van der Waals surface area contributed by atoms with Crippen LogP contribution in [-0.2, 0) is 10.0 Å². The molecule has 2 aromatic carbocycles. The molecular weight excluding hydrogens is 394 g/mol. The number of nitrogens with zero attached hydrogens (tertiary/aromatic N) is 1. The summed E-state index contributed by atoms with van der Waals surface area (Å²) in [4.78, 5) is 12.9. The summed E-state index contributed by atoms with van der Waals surface area (Å²) in [6.45, 7) is 4.28. The van der Waals surface area contributed by atoms with E-state index in [2.05, 4.69) is 10.6 Å². The number of anilines is 2. The minimum atomic E-state index is -3.66. The molecule has 158 valence electrons. The molecule has 0 aromatic heterocycles. The number of benzene rings is 2. The summed E-state index contributed by atoms with van der Waals surface area (Å²) in [6.07, 6.45) is 0. The third kappa shape index (κ3) is 4.99. The Labute approximate surface area is 171 Å². The summed E-state index contributed by atoms with van der Waals surface area (Å²) >= 11 is 0. The third-order valence-corrected chi connectivity index (χ3v) is 6.51. The molecule has 8 nitrogen and oxygen atoms in total. The van der Waals surface area contributed by atoms with Crippen LogP contribution in [-0.4, -0.2) is 53.0 Å². The van der Waals surface area contributed by atoms with Gasteiger partial charge in [0, 0.05) is 31.8 Å². The van der Waals surface area contributed by atoms with Gasteiger partial charge in [0.25, 0.3) is 5.91 Å². The normalized spacial score (nSPS) is 11.2. The molecule has 0 atom stereocenters. The van der Waals surface area contributed by atoms with Crippen molar-refractivity contribution in [2.75, 3.05) is 45.0 Å². The lowest BCUT2D eigenvalue weighted by atomic mass is 10.1. The average molecular weight is 422 g/mol. The highest BCUT2D eigenvalue weighted by Crippen LogP contribution is 2.29. The Hall–Kier alpha value is -2.78. The number of carbonyl (C=O) groups excluding carboxylic acids is 1. The molecule has 0 aliphatic heterocycles. The van der Waals surface area contributed by atoms with Crippen molar-refractivity contribution in [1.29, 1.82) is 0 Å². The molecule has 2 N–H and O–H groups in total. The van der Waals surface area contributed by atoms with Gasteiger partial charge in [0.05, 0.1) is 30.5 Å². The highest BCUT2D eigenvalue weighted by Gasteiger charge is 2.23. The maximum absolute atomic E-state index is 12.8. The standard InChI is InChI=1S/C20H27N3O5S/c1-6-23(7-2)29(25,26)17-8-9-18(21-3)19(13-17)22-20(24)14-10-15(27-4)12-16(11-14)28-5/h8-13,21H,6-7H2,1-5H3,(H,22,24). The van der Waals surface area contributed by atoms with E-state index < -0.39 is 15.9 Å². The molecule has 0 spiro atoms. The minimum absolute atomic E-state index is 0.110. The van der Waals surface area contributed by atoms with Crippen LogP contribution in [0.2, 0.25) is 0 Å². The van der Waals surface area contributed by atoms with Crippen LogP contribution < -0.4 is 20.1 Å². The molecule has 0 unspecified atom stereocenters. The van der Waals surface area contributed by atoms with Crippen LogP contribution in [0.3, 0.4) is 0 Å². The fourth-order valence-corrected chi connectivity index (χ4v) is 4.34. The second kappa shape index (κ2) is 9.62. The van der Waals surface area contributed by atoms with Crippen LogP contribution in [0.25, 0.3) is 0 Å². The highest BCUT2D eigenvalue weighted by atomic mass is 32.2. The number of amides is 1. The molecule has 0 aliphatic rings. The van der Waals surface area contributed by atoms with Gasteiger partial charge < -0.3 is 20.1 Å². The maximum atomic E-state index is 12.8. The van der Waals surface area contributed by atoms with E-state index in [1.807, 2.05) is 0 Å². The molecule has 0 heterocycles. The van der Waals surface area contributed by atoms with Gasteiger partial charge in [-0.1, -0.05) is 13.8 Å². The van der Waals surface area contributed by atoms with E-state index in [1.165, 1.54) is 30.7 Å². The minimum Gasteiger partial charge on any atom is -0.497 e. The van der Waals surface area contributed by atoms with Crippen molar-refractivity contribution in [3.05, 3.63) is 42.0 Å². The van der Waals surface area contributed by atoms with Crippen molar-refractivity contribution in [3.8, 4) is 11.5 Å². The summed E-state index contributed by atoms with van der Waals surface area (Å²) in [5.74, 6) is 0.526. The monoisotopic (exact) mass is 421 g/mol. The lowest BCUT2D eigenvalue weighted by molar-refractivity contribution is 0.102. The van der Waals surface area contributed by atoms with Crippen LogP contribution in [0, 0.1) is 0 Å². The predicted molar refractivity (Wildman–Crippen MR) is 114 cm³/mol. The molecule has 2 aromatic rings. The number of ether oxygens (including phenoxy) is 2. The molecule has 29 heavy (non-hydrogen) atoms. The van der Waals surface area contributed by atoms with Crippen molar-refractivity contribution in [3.63, 3.8) is 0 Å². The smallest absolute Gasteiger partial charge is 0.255 e. The van der Waals surface area contributed by atoms with Gasteiger partial charge >= 0.3 is 0 Å². The predicted octanol–water partition coefficient (Wildman–Crippen LogP) is 3.03. The van der Waals surface area contributed by atoms with Crippen molar-refractivity contribution in [2.45, 2.75) is 18.7 Å². The van der Waals surface area contributed by atoms with Crippen LogP contribution in [0.5, 0.6) is 11.5 Å². The van der Waals surface area contributed by atoms with Crippen LogP contribution >= 0.6 is 0 Å². The zero-order valence-electron chi connectivity index (χ0n) is 17.3. The van der Waals surface area contributed by atoms with E-state index in [9.17, 15) is 13.2 Å². The van der Waals surface area contributed by atoms with Gasteiger partial charge in [-0.3, -0.25) is 4.79 Å². The van der Waals surface area contributed by atoms with E-state index in [-0.39, 0.29) is 4.90 Å². The number of methoxy groups -OCH3 is 2. The fraction of sp³-hybridized carbons (Fsp3) is 0.350. The summed E-state index contributed by atoms with van der Waals surface area (Å²) in [7, 11) is 1.03. The highest BCUT2D eigenvalue weighted by molar-refractivity contribution is 7.89. The fourth-order valence-electron chi connectivity index (χ4n) is 2.85. The van der Waals surface area contributed by atoms with Crippen molar-refractivity contribution in [2.24, 2.45) is 0 Å². The summed E-state index contributed by atoms with van der Waals surface area (Å²) in [5, 5.41) is 5.73. The van der Waals surface area contributed by atoms with Crippen molar-refractivity contribution < 1.29 is 22.7 Å². The molecule has 0 bridgehead atoms. The Morgan fingerprint density at radius 3 is 2.03 bits per heavy atom. The molecule has 0 radical (unpaired) electrons. The second-order valence-corrected chi connectivity index (χ2v) is 8.04. The summed E-state index contributed by atoms with van der Waals surface area (Å²) < 4.78 is 37.4. The third-order valence-electron chi connectivity index (χ3n) is 4.47. The number of rotatable bonds is 9. The van der Waals surface area contributed by atoms with E-state index >= 15 is 0 Å². The maximum Gasteiger partial charge on any atom is 0.255 e. The van der Waals surface area contributed by atoms with Crippen LogP contribution in [0.1, 0.15) is 24.2 Å². The van der Waals surface area contributed by atoms with Gasteiger partial charge in [0.1, 0.15) is 11.5 Å². The van der Waals surface area contributed by atoms with Crippen LogP contribution in [0.4, 0.5) is 11.4 Å². The largest absolute Gasteiger partial charge is 0.497 e. The molecular formula is C20H27N3O5S. The van der Waals surface area contributed by atoms with Gasteiger partial charge in [0.15, 0.2) is 0 Å². The van der Waals surface area contributed by atoms with Crippen LogP contribution in [0.15, 0.2) is 41.3 Å². The Bertz CT molecular complexity index is 950. The van der Waals surface area contributed by atoms with Gasteiger partial charge in [-0.15, -0.1) is 0 Å². The van der Waals surface area contributed by atoms with Gasteiger partial charge in [-0.05, 0) is 30.3 Å². The second-order valence-electron chi connectivity index (χ2n) is 6.10. The van der Waals surface area contributed by atoms with Crippen molar-refractivity contribution >= 4 is 27.3 Å². The lowest BCUT2D eigenvalue weighted by Crippen LogP contribution is -2.30. The van der Waals surface area contributed by atoms with Gasteiger partial charge in [-0.2, -0.15) is 4.31 Å². The molecule has 0 fully saturated rings. The van der Waals surface area contributed by atoms with Gasteiger partial charge in [-0.25, -0.2) is 8.42 Å². The average Bonchev–Trinajstić information content (AvgIpc) is 2.73. The van der Waals surface area contributed by atoms with Gasteiger partial charge in [0.2, 0.25) is 10.0 Å². The zero-order chi connectivity index (χ0) is 21.6. The first-order chi connectivity index (χ1) is 13.8. The topological polar surface area (TPSA) is 97.0 Å². The molecule has 0 aliphatic carbocycles. The molecule has 0 saturated heterocycles. The Balaban J connectivity index is 2.43. The number of hydrogen-bond acceptors (Lipinski definition) is 6. The number of hydrogen-bond donors (Lipinski definition) is 2. The SMILES string of the molecule is CCN(CC)S(=O)(=O)c1ccc(NC)c(NC(=O)c2cc(OC)cc(OC)c2)c1. The zero-order valence-corrected chi connectivity index (χ0v) is 18.1. The Morgan fingerprint density at radius 1 is 0.966 bits per heavy atom. The molecule has 0 saturated carbocycles. The quantitative estimate of drug-likeness (QED) is 0.646.